The third kappa shape index (κ3) is 3.12. The van der Waals surface area contributed by atoms with Crippen molar-refractivity contribution in [3.63, 3.8) is 0 Å². The van der Waals surface area contributed by atoms with Crippen LogP contribution in [0.5, 0.6) is 0 Å². The van der Waals surface area contributed by atoms with Gasteiger partial charge < -0.3 is 10.2 Å². The van der Waals surface area contributed by atoms with Crippen LogP contribution in [-0.2, 0) is 4.79 Å². The molecule has 24 heavy (non-hydrogen) atoms. The minimum atomic E-state index is -0.128. The maximum absolute atomic E-state index is 12.4. The van der Waals surface area contributed by atoms with Crippen molar-refractivity contribution < 1.29 is 9.59 Å². The van der Waals surface area contributed by atoms with Crippen molar-refractivity contribution in [2.75, 3.05) is 11.9 Å². The van der Waals surface area contributed by atoms with Gasteiger partial charge in [-0.25, -0.2) is 0 Å². The molecule has 5 heteroatoms. The van der Waals surface area contributed by atoms with Gasteiger partial charge in [-0.1, -0.05) is 40.7 Å². The number of nitrogens with one attached hydrogen (secondary N) is 1. The monoisotopic (exact) mass is 384 g/mol. The van der Waals surface area contributed by atoms with Gasteiger partial charge in [-0.3, -0.25) is 9.59 Å². The fraction of sp³-hybridized carbons (Fsp3) is 0.158. The summed E-state index contributed by atoms with van der Waals surface area (Å²) in [6, 6.07) is 13.0. The lowest BCUT2D eigenvalue weighted by Gasteiger charge is -2.17. The summed E-state index contributed by atoms with van der Waals surface area (Å²) >= 11 is 3.40. The Bertz CT molecular complexity index is 810. The number of nitrogens with zero attached hydrogens (tertiary/aromatic N) is 1. The number of anilines is 1. The van der Waals surface area contributed by atoms with Gasteiger partial charge in [0.25, 0.3) is 5.91 Å². The lowest BCUT2D eigenvalue weighted by atomic mass is 10.1. The molecule has 1 aliphatic rings. The normalized spacial score (nSPS) is 13.2. The van der Waals surface area contributed by atoms with Crippen LogP contribution in [0.15, 0.2) is 53.5 Å². The highest BCUT2D eigenvalue weighted by Crippen LogP contribution is 2.31. The standard InChI is InChI=1S/C19H17BrN2O2/c1-12-11-14(20)7-8-17(12)21-18(23)9-10-22-13(2)15-5-3-4-6-16(15)19(22)24/h3-8,11H,2,9-10H2,1H3,(H,21,23). The van der Waals surface area contributed by atoms with Crippen LogP contribution in [0.4, 0.5) is 5.69 Å². The van der Waals surface area contributed by atoms with Crippen LogP contribution in [0, 0.1) is 6.92 Å². The molecule has 0 aromatic heterocycles. The first-order valence-electron chi connectivity index (χ1n) is 7.63. The van der Waals surface area contributed by atoms with Gasteiger partial charge in [-0.05, 0) is 36.8 Å². The van der Waals surface area contributed by atoms with Gasteiger partial charge in [0.1, 0.15) is 0 Å². The van der Waals surface area contributed by atoms with E-state index in [1.165, 1.54) is 0 Å². The fourth-order valence-electron chi connectivity index (χ4n) is 2.76. The van der Waals surface area contributed by atoms with Crippen LogP contribution in [0.2, 0.25) is 0 Å². The topological polar surface area (TPSA) is 49.4 Å². The summed E-state index contributed by atoms with van der Waals surface area (Å²) in [5.41, 5.74) is 3.89. The Morgan fingerprint density at radius 2 is 1.92 bits per heavy atom. The highest BCUT2D eigenvalue weighted by Gasteiger charge is 2.30. The van der Waals surface area contributed by atoms with Crippen LogP contribution in [-0.4, -0.2) is 23.3 Å². The van der Waals surface area contributed by atoms with E-state index in [-0.39, 0.29) is 18.2 Å². The highest BCUT2D eigenvalue weighted by atomic mass is 79.9. The number of carbonyl (C=O) groups is 2. The Hall–Kier alpha value is -2.40. The van der Waals surface area contributed by atoms with E-state index in [0.717, 1.165) is 21.3 Å². The van der Waals surface area contributed by atoms with Crippen LogP contribution < -0.4 is 5.32 Å². The molecule has 1 N–H and O–H groups in total. The average molecular weight is 385 g/mol. The van der Waals surface area contributed by atoms with E-state index >= 15 is 0 Å². The summed E-state index contributed by atoms with van der Waals surface area (Å²) in [4.78, 5) is 26.2. The molecule has 0 saturated heterocycles. The van der Waals surface area contributed by atoms with Gasteiger partial charge in [0.05, 0.1) is 0 Å². The van der Waals surface area contributed by atoms with Crippen molar-refractivity contribution in [3.8, 4) is 0 Å². The van der Waals surface area contributed by atoms with Gasteiger partial charge in [0.2, 0.25) is 5.91 Å². The summed E-state index contributed by atoms with van der Waals surface area (Å²) in [7, 11) is 0. The molecular formula is C19H17BrN2O2. The molecule has 0 bridgehead atoms. The number of halogens is 1. The minimum absolute atomic E-state index is 0.0942. The van der Waals surface area contributed by atoms with Crippen LogP contribution in [0.3, 0.4) is 0 Å². The Morgan fingerprint density at radius 3 is 2.58 bits per heavy atom. The zero-order valence-electron chi connectivity index (χ0n) is 13.3. The van der Waals surface area contributed by atoms with E-state index in [9.17, 15) is 9.59 Å². The molecule has 0 atom stereocenters. The van der Waals surface area contributed by atoms with Crippen molar-refractivity contribution >= 4 is 39.1 Å². The zero-order valence-corrected chi connectivity index (χ0v) is 14.9. The van der Waals surface area contributed by atoms with Gasteiger partial charge >= 0.3 is 0 Å². The van der Waals surface area contributed by atoms with Crippen molar-refractivity contribution in [2.24, 2.45) is 0 Å². The molecule has 0 fully saturated rings. The molecule has 0 unspecified atom stereocenters. The Balaban J connectivity index is 1.63. The Labute approximate surface area is 149 Å². The summed E-state index contributed by atoms with van der Waals surface area (Å²) in [6.07, 6.45) is 0.217. The second-order valence-electron chi connectivity index (χ2n) is 5.71. The van der Waals surface area contributed by atoms with Gasteiger partial charge in [0, 0.05) is 39.9 Å². The second-order valence-corrected chi connectivity index (χ2v) is 6.62. The molecule has 3 rings (SSSR count). The number of fused-ring (bicyclic) bond motifs is 1. The maximum Gasteiger partial charge on any atom is 0.258 e. The number of hydrogen-bond acceptors (Lipinski definition) is 2. The SMILES string of the molecule is C=C1c2ccccc2C(=O)N1CCC(=O)Nc1ccc(Br)cc1C. The van der Waals surface area contributed by atoms with E-state index in [1.807, 2.05) is 43.3 Å². The van der Waals surface area contributed by atoms with Crippen molar-refractivity contribution in [3.05, 3.63) is 70.2 Å². The van der Waals surface area contributed by atoms with Gasteiger partial charge in [0.15, 0.2) is 0 Å². The first-order valence-corrected chi connectivity index (χ1v) is 8.43. The molecule has 0 radical (unpaired) electrons. The van der Waals surface area contributed by atoms with Gasteiger partial charge in [-0.15, -0.1) is 0 Å². The smallest absolute Gasteiger partial charge is 0.258 e. The first kappa shape index (κ1) is 16.5. The van der Waals surface area contributed by atoms with Crippen LogP contribution in [0.1, 0.15) is 27.9 Å². The first-order chi connectivity index (χ1) is 11.5. The van der Waals surface area contributed by atoms with Crippen molar-refractivity contribution in [1.82, 2.24) is 4.90 Å². The minimum Gasteiger partial charge on any atom is -0.326 e. The molecule has 0 spiro atoms. The highest BCUT2D eigenvalue weighted by molar-refractivity contribution is 9.10. The molecule has 0 aliphatic carbocycles. The zero-order chi connectivity index (χ0) is 17.3. The van der Waals surface area contributed by atoms with E-state index in [4.69, 9.17) is 0 Å². The predicted molar refractivity (Wildman–Crippen MR) is 98.6 cm³/mol. The molecule has 1 heterocycles. The second kappa shape index (κ2) is 6.61. The van der Waals surface area contributed by atoms with Gasteiger partial charge in [-0.2, -0.15) is 0 Å². The molecule has 122 valence electrons. The maximum atomic E-state index is 12.4. The summed E-state index contributed by atoms with van der Waals surface area (Å²) < 4.78 is 0.967. The third-order valence-corrected chi connectivity index (χ3v) is 4.56. The summed E-state index contributed by atoms with van der Waals surface area (Å²) in [5, 5.41) is 2.88. The molecule has 4 nitrogen and oxygen atoms in total. The molecule has 1 aliphatic heterocycles. The van der Waals surface area contributed by atoms with E-state index in [0.29, 0.717) is 17.8 Å². The summed E-state index contributed by atoms with van der Waals surface area (Å²) in [5.74, 6) is -0.222. The van der Waals surface area contributed by atoms with Crippen LogP contribution in [0.25, 0.3) is 5.70 Å². The fourth-order valence-corrected chi connectivity index (χ4v) is 3.24. The quantitative estimate of drug-likeness (QED) is 0.857. The molecule has 0 saturated carbocycles. The van der Waals surface area contributed by atoms with E-state index in [2.05, 4.69) is 27.8 Å². The number of benzene rings is 2. The van der Waals surface area contributed by atoms with Crippen LogP contribution >= 0.6 is 15.9 Å². The summed E-state index contributed by atoms with van der Waals surface area (Å²) in [6.45, 7) is 6.23. The number of carbonyl (C=O) groups excluding carboxylic acids is 2. The Morgan fingerprint density at radius 1 is 1.21 bits per heavy atom. The number of aryl methyl sites for hydroxylation is 1. The molecule has 2 aromatic carbocycles. The average Bonchev–Trinajstić information content (AvgIpc) is 2.80. The predicted octanol–water partition coefficient (Wildman–Crippen LogP) is 4.21. The van der Waals surface area contributed by atoms with Crippen molar-refractivity contribution in [2.45, 2.75) is 13.3 Å². The van der Waals surface area contributed by atoms with E-state index < -0.39 is 0 Å². The third-order valence-electron chi connectivity index (χ3n) is 4.06. The largest absolute Gasteiger partial charge is 0.326 e. The number of hydrogen-bond donors (Lipinski definition) is 1. The molecular weight excluding hydrogens is 368 g/mol. The number of amides is 2. The lowest BCUT2D eigenvalue weighted by Crippen LogP contribution is -2.27. The van der Waals surface area contributed by atoms with Crippen molar-refractivity contribution in [1.29, 1.82) is 0 Å². The van der Waals surface area contributed by atoms with E-state index in [1.54, 1.807) is 11.0 Å². The Kier molecular flexibility index (Phi) is 4.53. The molecule has 2 amide bonds. The number of rotatable bonds is 4. The molecule has 2 aromatic rings. The lowest BCUT2D eigenvalue weighted by molar-refractivity contribution is -0.116.